The van der Waals surface area contributed by atoms with Crippen LogP contribution in [0.4, 0.5) is 0 Å². The minimum Gasteiger partial charge on any atom is -0.326 e. The van der Waals surface area contributed by atoms with Crippen molar-refractivity contribution in [2.24, 2.45) is 5.73 Å². The van der Waals surface area contributed by atoms with Gasteiger partial charge in [-0.15, -0.1) is 11.3 Å². The van der Waals surface area contributed by atoms with Crippen LogP contribution in [0.2, 0.25) is 0 Å². The highest BCUT2D eigenvalue weighted by Crippen LogP contribution is 2.34. The van der Waals surface area contributed by atoms with Gasteiger partial charge in [0, 0.05) is 17.0 Å². The monoisotopic (exact) mass is 231 g/mol. The molecule has 0 spiro atoms. The predicted octanol–water partition coefficient (Wildman–Crippen LogP) is 3.80. The Morgan fingerprint density at radius 1 is 1.19 bits per heavy atom. The molecule has 1 nitrogen and oxygen atoms in total. The van der Waals surface area contributed by atoms with Gasteiger partial charge in [-0.25, -0.2) is 0 Å². The van der Waals surface area contributed by atoms with Crippen LogP contribution in [-0.4, -0.2) is 0 Å². The highest BCUT2D eigenvalue weighted by atomic mass is 32.1. The molecule has 2 N–H and O–H groups in total. The van der Waals surface area contributed by atoms with E-state index in [9.17, 15) is 0 Å². The number of rotatable bonds is 2. The Morgan fingerprint density at radius 2 is 1.94 bits per heavy atom. The Bertz CT molecular complexity index is 511. The molecule has 1 aromatic carbocycles. The van der Waals surface area contributed by atoms with E-state index >= 15 is 0 Å². The van der Waals surface area contributed by atoms with E-state index in [1.807, 2.05) is 0 Å². The molecule has 0 saturated carbocycles. The Balaban J connectivity index is 2.62. The van der Waals surface area contributed by atoms with Crippen LogP contribution >= 0.6 is 11.3 Å². The summed E-state index contributed by atoms with van der Waals surface area (Å²) in [4.78, 5) is 1.35. The third kappa shape index (κ3) is 1.91. The summed E-state index contributed by atoms with van der Waals surface area (Å²) in [5.74, 6) is 0. The third-order valence-electron chi connectivity index (χ3n) is 2.92. The van der Waals surface area contributed by atoms with Crippen LogP contribution < -0.4 is 5.73 Å². The van der Waals surface area contributed by atoms with Crippen LogP contribution in [0.1, 0.15) is 21.6 Å². The summed E-state index contributed by atoms with van der Waals surface area (Å²) in [6.07, 6.45) is 0. The minimum absolute atomic E-state index is 0.618. The third-order valence-corrected chi connectivity index (χ3v) is 3.88. The summed E-state index contributed by atoms with van der Waals surface area (Å²) in [5.41, 5.74) is 12.3. The van der Waals surface area contributed by atoms with E-state index in [1.54, 1.807) is 11.3 Å². The van der Waals surface area contributed by atoms with E-state index in [1.165, 1.54) is 32.7 Å². The fourth-order valence-corrected chi connectivity index (χ4v) is 3.00. The van der Waals surface area contributed by atoms with Gasteiger partial charge < -0.3 is 5.73 Å². The zero-order valence-corrected chi connectivity index (χ0v) is 10.8. The van der Waals surface area contributed by atoms with Gasteiger partial charge in [0.15, 0.2) is 0 Å². The molecule has 0 bridgehead atoms. The second-order valence-corrected chi connectivity index (χ2v) is 5.30. The maximum absolute atomic E-state index is 5.79. The molecule has 0 unspecified atom stereocenters. The Kier molecular flexibility index (Phi) is 3.13. The summed E-state index contributed by atoms with van der Waals surface area (Å²) in [6, 6.07) is 6.60. The number of nitrogens with two attached hydrogens (primary N) is 1. The summed E-state index contributed by atoms with van der Waals surface area (Å²) in [6.45, 7) is 7.08. The molecule has 2 heteroatoms. The average Bonchev–Trinajstić information content (AvgIpc) is 2.60. The van der Waals surface area contributed by atoms with Gasteiger partial charge in [0.2, 0.25) is 0 Å². The van der Waals surface area contributed by atoms with Crippen molar-refractivity contribution in [3.63, 3.8) is 0 Å². The first kappa shape index (κ1) is 11.4. The number of thiophene rings is 1. The van der Waals surface area contributed by atoms with Crippen molar-refractivity contribution < 1.29 is 0 Å². The van der Waals surface area contributed by atoms with Crippen molar-refractivity contribution in [3.05, 3.63) is 45.1 Å². The number of hydrogen-bond donors (Lipinski definition) is 1. The Morgan fingerprint density at radius 3 is 2.56 bits per heavy atom. The maximum atomic E-state index is 5.79. The molecule has 0 aliphatic heterocycles. The quantitative estimate of drug-likeness (QED) is 0.836. The van der Waals surface area contributed by atoms with Crippen LogP contribution in [-0.2, 0) is 6.54 Å². The van der Waals surface area contributed by atoms with Crippen LogP contribution in [0.15, 0.2) is 23.6 Å². The van der Waals surface area contributed by atoms with E-state index in [0.29, 0.717) is 6.54 Å². The second-order valence-electron chi connectivity index (χ2n) is 4.21. The van der Waals surface area contributed by atoms with E-state index in [4.69, 9.17) is 5.73 Å². The lowest BCUT2D eigenvalue weighted by molar-refractivity contribution is 1.08. The summed E-state index contributed by atoms with van der Waals surface area (Å²) in [5, 5.41) is 2.17. The molecule has 0 aliphatic carbocycles. The van der Waals surface area contributed by atoms with Crippen LogP contribution in [0.5, 0.6) is 0 Å². The van der Waals surface area contributed by atoms with E-state index in [2.05, 4.69) is 44.4 Å². The molecule has 16 heavy (non-hydrogen) atoms. The largest absolute Gasteiger partial charge is 0.326 e. The van der Waals surface area contributed by atoms with Gasteiger partial charge in [0.1, 0.15) is 0 Å². The molecule has 0 fully saturated rings. The zero-order valence-electron chi connectivity index (χ0n) is 10.0. The fraction of sp³-hybridized carbons (Fsp3) is 0.286. The first-order valence-corrected chi connectivity index (χ1v) is 6.36. The normalized spacial score (nSPS) is 10.8. The molecule has 1 heterocycles. The van der Waals surface area contributed by atoms with Gasteiger partial charge in [0.25, 0.3) is 0 Å². The molecule has 1 aromatic heterocycles. The SMILES string of the molecule is Cc1ccc(-c2c(CN)csc2C)c(C)c1. The topological polar surface area (TPSA) is 26.0 Å². The highest BCUT2D eigenvalue weighted by molar-refractivity contribution is 7.10. The van der Waals surface area contributed by atoms with Crippen molar-refractivity contribution in [2.75, 3.05) is 0 Å². The molecule has 0 radical (unpaired) electrons. The lowest BCUT2D eigenvalue weighted by atomic mass is 9.96. The van der Waals surface area contributed by atoms with E-state index in [-0.39, 0.29) is 0 Å². The molecule has 84 valence electrons. The molecule has 0 aliphatic rings. The van der Waals surface area contributed by atoms with Crippen LogP contribution in [0, 0.1) is 20.8 Å². The molecule has 0 atom stereocenters. The van der Waals surface area contributed by atoms with E-state index in [0.717, 1.165) is 0 Å². The number of benzene rings is 1. The highest BCUT2D eigenvalue weighted by Gasteiger charge is 2.11. The second kappa shape index (κ2) is 4.40. The molecule has 2 aromatic rings. The summed E-state index contributed by atoms with van der Waals surface area (Å²) < 4.78 is 0. The molecule has 0 amide bonds. The maximum Gasteiger partial charge on any atom is 0.0192 e. The first-order chi connectivity index (χ1) is 7.63. The fourth-order valence-electron chi connectivity index (χ4n) is 2.11. The van der Waals surface area contributed by atoms with Gasteiger partial charge in [-0.1, -0.05) is 23.8 Å². The number of hydrogen-bond acceptors (Lipinski definition) is 2. The number of aryl methyl sites for hydroxylation is 3. The van der Waals surface area contributed by atoms with Gasteiger partial charge in [-0.3, -0.25) is 0 Å². The first-order valence-electron chi connectivity index (χ1n) is 5.48. The van der Waals surface area contributed by atoms with Crippen molar-refractivity contribution >= 4 is 11.3 Å². The van der Waals surface area contributed by atoms with Crippen molar-refractivity contribution in [1.82, 2.24) is 0 Å². The van der Waals surface area contributed by atoms with Gasteiger partial charge >= 0.3 is 0 Å². The molecular weight excluding hydrogens is 214 g/mol. The van der Waals surface area contributed by atoms with Crippen LogP contribution in [0.3, 0.4) is 0 Å². The summed E-state index contributed by atoms with van der Waals surface area (Å²) >= 11 is 1.78. The molecular formula is C14H17NS. The van der Waals surface area contributed by atoms with Crippen LogP contribution in [0.25, 0.3) is 11.1 Å². The smallest absolute Gasteiger partial charge is 0.0192 e. The Labute approximate surface area is 101 Å². The minimum atomic E-state index is 0.618. The lowest BCUT2D eigenvalue weighted by Crippen LogP contribution is -1.97. The summed E-state index contributed by atoms with van der Waals surface area (Å²) in [7, 11) is 0. The zero-order chi connectivity index (χ0) is 11.7. The van der Waals surface area contributed by atoms with E-state index < -0.39 is 0 Å². The average molecular weight is 231 g/mol. The van der Waals surface area contributed by atoms with Crippen molar-refractivity contribution in [2.45, 2.75) is 27.3 Å². The predicted molar refractivity (Wildman–Crippen MR) is 71.9 cm³/mol. The molecule has 2 rings (SSSR count). The molecule has 0 saturated heterocycles. The van der Waals surface area contributed by atoms with Gasteiger partial charge in [0.05, 0.1) is 0 Å². The van der Waals surface area contributed by atoms with Crippen molar-refractivity contribution in [3.8, 4) is 11.1 Å². The van der Waals surface area contributed by atoms with Gasteiger partial charge in [-0.2, -0.15) is 0 Å². The van der Waals surface area contributed by atoms with Gasteiger partial charge in [-0.05, 0) is 42.8 Å². The Hall–Kier alpha value is -1.12. The lowest BCUT2D eigenvalue weighted by Gasteiger charge is -2.09. The standard InChI is InChI=1S/C14H17NS/c1-9-4-5-13(10(2)6-9)14-11(3)16-8-12(14)7-15/h4-6,8H,7,15H2,1-3H3. The van der Waals surface area contributed by atoms with Crippen molar-refractivity contribution in [1.29, 1.82) is 0 Å².